The third kappa shape index (κ3) is 5.17. The van der Waals surface area contributed by atoms with Crippen molar-refractivity contribution in [1.82, 2.24) is 4.90 Å². The Hall–Kier alpha value is -3.60. The number of esters is 1. The Balaban J connectivity index is 1.78. The number of nitro groups is 1. The van der Waals surface area contributed by atoms with Gasteiger partial charge in [0.05, 0.1) is 35.2 Å². The summed E-state index contributed by atoms with van der Waals surface area (Å²) in [5, 5.41) is 10.8. The van der Waals surface area contributed by atoms with Gasteiger partial charge < -0.3 is 13.9 Å². The van der Waals surface area contributed by atoms with E-state index in [1.807, 2.05) is 13.8 Å². The maximum atomic E-state index is 12.5. The molecule has 10 nitrogen and oxygen atoms in total. The smallest absolute Gasteiger partial charge is 0.326 e. The van der Waals surface area contributed by atoms with Crippen LogP contribution < -0.4 is 4.74 Å². The summed E-state index contributed by atoms with van der Waals surface area (Å²) in [5.41, 5.74) is 0.0296. The van der Waals surface area contributed by atoms with Crippen molar-refractivity contribution in [2.45, 2.75) is 13.8 Å². The molecule has 1 fully saturated rings. The molecule has 0 atom stereocenters. The van der Waals surface area contributed by atoms with E-state index in [0.29, 0.717) is 17.5 Å². The summed E-state index contributed by atoms with van der Waals surface area (Å²) in [4.78, 5) is 48.3. The van der Waals surface area contributed by atoms with E-state index in [2.05, 4.69) is 0 Å². The molecule has 0 radical (unpaired) electrons. The molecule has 1 aromatic heterocycles. The lowest BCUT2D eigenvalue weighted by Crippen LogP contribution is -2.34. The van der Waals surface area contributed by atoms with E-state index in [4.69, 9.17) is 13.9 Å². The van der Waals surface area contributed by atoms with Crippen LogP contribution in [0, 0.1) is 16.0 Å². The molecule has 0 aliphatic carbocycles. The van der Waals surface area contributed by atoms with Crippen LogP contribution in [0.5, 0.6) is 5.75 Å². The molecule has 11 heteroatoms. The lowest BCUT2D eigenvalue weighted by Gasteiger charge is -2.12. The van der Waals surface area contributed by atoms with Crippen molar-refractivity contribution in [3.63, 3.8) is 0 Å². The molecule has 2 amide bonds. The van der Waals surface area contributed by atoms with Crippen LogP contribution in [0.3, 0.4) is 0 Å². The Labute approximate surface area is 187 Å². The Bertz CT molecular complexity index is 1100. The van der Waals surface area contributed by atoms with Crippen LogP contribution in [0.4, 0.5) is 10.5 Å². The first-order valence-electron chi connectivity index (χ1n) is 9.53. The van der Waals surface area contributed by atoms with Gasteiger partial charge in [0, 0.05) is 6.08 Å². The minimum absolute atomic E-state index is 0.0665. The fraction of sp³-hybridized carbons (Fsp3) is 0.286. The normalized spacial score (nSPS) is 15.0. The van der Waals surface area contributed by atoms with Crippen molar-refractivity contribution in [1.29, 1.82) is 0 Å². The highest BCUT2D eigenvalue weighted by molar-refractivity contribution is 8.18. The van der Waals surface area contributed by atoms with Gasteiger partial charge in [0.15, 0.2) is 0 Å². The summed E-state index contributed by atoms with van der Waals surface area (Å²) in [5.74, 6) is -0.430. The number of nitrogens with zero attached hydrogens (tertiary/aromatic N) is 2. The Morgan fingerprint density at radius 1 is 1.28 bits per heavy atom. The molecular formula is C21H20N2O8S. The van der Waals surface area contributed by atoms with Crippen molar-refractivity contribution in [3.8, 4) is 17.1 Å². The number of thioether (sulfide) groups is 1. The maximum Gasteiger partial charge on any atom is 0.326 e. The van der Waals surface area contributed by atoms with Gasteiger partial charge in [-0.05, 0) is 41.9 Å². The standard InChI is InChI=1S/C21H20N2O8S/c1-12(2)11-30-19(24)10-22-20(25)18(32-21(22)26)9-14-5-7-17(31-14)15-6-4-13(29-3)8-16(15)23(27)28/h4-9,12H,10-11H2,1-3H3/b18-9+. The molecule has 2 aromatic rings. The van der Waals surface area contributed by atoms with E-state index in [0.717, 1.165) is 4.90 Å². The molecule has 1 saturated heterocycles. The highest BCUT2D eigenvalue weighted by Gasteiger charge is 2.37. The molecule has 0 unspecified atom stereocenters. The molecular weight excluding hydrogens is 440 g/mol. The molecule has 1 aromatic carbocycles. The number of methoxy groups -OCH3 is 1. The fourth-order valence-corrected chi connectivity index (χ4v) is 3.59. The molecule has 1 aliphatic heterocycles. The zero-order chi connectivity index (χ0) is 23.4. The third-order valence-electron chi connectivity index (χ3n) is 4.31. The number of carbonyl (C=O) groups is 3. The van der Waals surface area contributed by atoms with Crippen molar-refractivity contribution >= 4 is 40.6 Å². The molecule has 0 bridgehead atoms. The number of carbonyl (C=O) groups excluding carboxylic acids is 3. The van der Waals surface area contributed by atoms with Gasteiger partial charge in [-0.1, -0.05) is 13.8 Å². The number of hydrogen-bond acceptors (Lipinski definition) is 9. The second-order valence-electron chi connectivity index (χ2n) is 7.19. The molecule has 0 N–H and O–H groups in total. The zero-order valence-electron chi connectivity index (χ0n) is 17.5. The van der Waals surface area contributed by atoms with E-state index >= 15 is 0 Å². The van der Waals surface area contributed by atoms with Crippen molar-refractivity contribution in [2.75, 3.05) is 20.3 Å². The summed E-state index contributed by atoms with van der Waals surface area (Å²) in [6.45, 7) is 3.45. The summed E-state index contributed by atoms with van der Waals surface area (Å²) in [6.07, 6.45) is 1.35. The van der Waals surface area contributed by atoms with Gasteiger partial charge in [-0.15, -0.1) is 0 Å². The molecule has 2 heterocycles. The zero-order valence-corrected chi connectivity index (χ0v) is 18.3. The van der Waals surface area contributed by atoms with Gasteiger partial charge in [-0.3, -0.25) is 29.4 Å². The van der Waals surface area contributed by atoms with Gasteiger partial charge in [0.1, 0.15) is 23.8 Å². The molecule has 0 spiro atoms. The van der Waals surface area contributed by atoms with Crippen LogP contribution in [0.15, 0.2) is 39.7 Å². The predicted octanol–water partition coefficient (Wildman–Crippen LogP) is 4.10. The first-order chi connectivity index (χ1) is 15.2. The van der Waals surface area contributed by atoms with Crippen LogP contribution in [0.1, 0.15) is 19.6 Å². The monoisotopic (exact) mass is 460 g/mol. The van der Waals surface area contributed by atoms with Crippen LogP contribution in [0.2, 0.25) is 0 Å². The van der Waals surface area contributed by atoms with Crippen LogP contribution >= 0.6 is 11.8 Å². The van der Waals surface area contributed by atoms with Crippen LogP contribution in [0.25, 0.3) is 17.4 Å². The van der Waals surface area contributed by atoms with Gasteiger partial charge in [-0.2, -0.15) is 0 Å². The topological polar surface area (TPSA) is 129 Å². The second-order valence-corrected chi connectivity index (χ2v) is 8.18. The third-order valence-corrected chi connectivity index (χ3v) is 5.21. The largest absolute Gasteiger partial charge is 0.497 e. The van der Waals surface area contributed by atoms with E-state index in [9.17, 15) is 24.5 Å². The number of hydrogen-bond donors (Lipinski definition) is 0. The number of amides is 2. The van der Waals surface area contributed by atoms with E-state index in [1.54, 1.807) is 6.07 Å². The minimum atomic E-state index is -0.672. The van der Waals surface area contributed by atoms with Crippen LogP contribution in [-0.2, 0) is 14.3 Å². The van der Waals surface area contributed by atoms with Gasteiger partial charge in [0.2, 0.25) is 0 Å². The summed E-state index contributed by atoms with van der Waals surface area (Å²) in [7, 11) is 1.40. The van der Waals surface area contributed by atoms with Crippen molar-refractivity contribution < 1.29 is 33.2 Å². The second kappa shape index (κ2) is 9.69. The highest BCUT2D eigenvalue weighted by Crippen LogP contribution is 2.36. The lowest BCUT2D eigenvalue weighted by molar-refractivity contribution is -0.384. The lowest BCUT2D eigenvalue weighted by atomic mass is 10.1. The molecule has 1 aliphatic rings. The maximum absolute atomic E-state index is 12.5. The van der Waals surface area contributed by atoms with Gasteiger partial charge in [-0.25, -0.2) is 0 Å². The molecule has 3 rings (SSSR count). The number of ether oxygens (including phenoxy) is 2. The van der Waals surface area contributed by atoms with Crippen molar-refractivity contribution in [3.05, 3.63) is 51.1 Å². The average Bonchev–Trinajstić information content (AvgIpc) is 3.32. The first-order valence-corrected chi connectivity index (χ1v) is 10.3. The minimum Gasteiger partial charge on any atom is -0.497 e. The van der Waals surface area contributed by atoms with Crippen LogP contribution in [-0.4, -0.2) is 47.2 Å². The number of benzene rings is 1. The SMILES string of the molecule is COc1ccc(-c2ccc(/C=C3/SC(=O)N(CC(=O)OCC(C)C)C3=O)o2)c([N+](=O)[O-])c1. The molecule has 0 saturated carbocycles. The number of imide groups is 1. The van der Waals surface area contributed by atoms with E-state index in [1.165, 1.54) is 37.5 Å². The highest BCUT2D eigenvalue weighted by atomic mass is 32.2. The Kier molecular flexibility index (Phi) is 6.98. The summed E-state index contributed by atoms with van der Waals surface area (Å²) >= 11 is 0.667. The number of rotatable bonds is 8. The molecule has 168 valence electrons. The van der Waals surface area contributed by atoms with Crippen molar-refractivity contribution in [2.24, 2.45) is 5.92 Å². The fourth-order valence-electron chi connectivity index (χ4n) is 2.77. The first kappa shape index (κ1) is 23.1. The number of nitro benzene ring substituents is 1. The molecule has 32 heavy (non-hydrogen) atoms. The average molecular weight is 460 g/mol. The quantitative estimate of drug-likeness (QED) is 0.247. The summed E-state index contributed by atoms with van der Waals surface area (Å²) < 4.78 is 15.7. The van der Waals surface area contributed by atoms with Gasteiger partial charge in [0.25, 0.3) is 16.8 Å². The Morgan fingerprint density at radius 3 is 2.69 bits per heavy atom. The van der Waals surface area contributed by atoms with Gasteiger partial charge >= 0.3 is 5.97 Å². The van der Waals surface area contributed by atoms with E-state index < -0.39 is 28.6 Å². The predicted molar refractivity (Wildman–Crippen MR) is 116 cm³/mol. The van der Waals surface area contributed by atoms with E-state index in [-0.39, 0.29) is 40.2 Å². The summed E-state index contributed by atoms with van der Waals surface area (Å²) in [6, 6.07) is 7.38. The number of furan rings is 1. The Morgan fingerprint density at radius 2 is 2.03 bits per heavy atom.